The van der Waals surface area contributed by atoms with Crippen molar-refractivity contribution < 1.29 is 27.5 Å². The van der Waals surface area contributed by atoms with Gasteiger partial charge in [0.15, 0.2) is 0 Å². The first-order valence-corrected chi connectivity index (χ1v) is 9.35. The molecular weight excluding hydrogens is 407 g/mol. The second-order valence-electron chi connectivity index (χ2n) is 6.82. The van der Waals surface area contributed by atoms with E-state index < -0.39 is 23.0 Å². The Kier molecular flexibility index (Phi) is 5.48. The molecule has 1 fully saturated rings. The highest BCUT2D eigenvalue weighted by Gasteiger charge is 2.51. The molecule has 1 aliphatic heterocycles. The number of ether oxygens (including phenoxy) is 1. The lowest BCUT2D eigenvalue weighted by atomic mass is 10.0. The molecule has 6 nitrogen and oxygen atoms in total. The zero-order valence-electron chi connectivity index (χ0n) is 15.9. The van der Waals surface area contributed by atoms with Crippen molar-refractivity contribution in [2.24, 2.45) is 0 Å². The summed E-state index contributed by atoms with van der Waals surface area (Å²) < 4.78 is 42.6. The average Bonchev–Trinajstić information content (AvgIpc) is 2.81. The number of halogens is 3. The number of carbonyl (C=O) groups excluding carboxylic acids is 2. The van der Waals surface area contributed by atoms with Crippen LogP contribution in [-0.2, 0) is 11.3 Å². The largest absolute Gasteiger partial charge is 0.481 e. The van der Waals surface area contributed by atoms with Crippen LogP contribution >= 0.6 is 11.8 Å². The number of aromatic nitrogens is 1. The fourth-order valence-electron chi connectivity index (χ4n) is 2.97. The number of imide groups is 1. The zero-order chi connectivity index (χ0) is 21.4. The fourth-order valence-corrected chi connectivity index (χ4v) is 3.51. The summed E-state index contributed by atoms with van der Waals surface area (Å²) in [6, 6.07) is 7.96. The predicted octanol–water partition coefficient (Wildman–Crippen LogP) is 4.45. The smallest absolute Gasteiger partial charge is 0.446 e. The molecule has 2 aromatic rings. The van der Waals surface area contributed by atoms with Crippen molar-refractivity contribution in [2.45, 2.75) is 36.3 Å². The fraction of sp³-hybridized carbons (Fsp3) is 0.316. The maximum Gasteiger partial charge on any atom is 0.446 e. The monoisotopic (exact) mass is 425 g/mol. The zero-order valence-corrected chi connectivity index (χ0v) is 16.7. The molecule has 2 heterocycles. The van der Waals surface area contributed by atoms with E-state index in [2.05, 4.69) is 4.98 Å². The van der Waals surface area contributed by atoms with E-state index in [0.29, 0.717) is 5.88 Å². The Labute approximate surface area is 169 Å². The lowest BCUT2D eigenvalue weighted by molar-refractivity contribution is -0.123. The van der Waals surface area contributed by atoms with Crippen molar-refractivity contribution in [1.82, 2.24) is 9.88 Å². The minimum absolute atomic E-state index is 0.0275. The van der Waals surface area contributed by atoms with E-state index in [0.717, 1.165) is 10.5 Å². The van der Waals surface area contributed by atoms with E-state index >= 15 is 0 Å². The van der Waals surface area contributed by atoms with Crippen LogP contribution in [-0.4, -0.2) is 40.0 Å². The van der Waals surface area contributed by atoms with Gasteiger partial charge >= 0.3 is 11.5 Å². The molecule has 0 saturated carbocycles. The van der Waals surface area contributed by atoms with Gasteiger partial charge in [-0.05, 0) is 61.5 Å². The van der Waals surface area contributed by atoms with Gasteiger partial charge < -0.3 is 9.64 Å². The molecule has 1 aromatic heterocycles. The van der Waals surface area contributed by atoms with Crippen LogP contribution in [0.5, 0.6) is 5.88 Å². The summed E-state index contributed by atoms with van der Waals surface area (Å²) in [5.41, 5.74) is -4.60. The molecule has 1 aromatic carbocycles. The van der Waals surface area contributed by atoms with E-state index in [1.165, 1.54) is 36.3 Å². The molecule has 0 bridgehead atoms. The summed E-state index contributed by atoms with van der Waals surface area (Å²) in [4.78, 5) is 32.3. The van der Waals surface area contributed by atoms with Crippen LogP contribution in [0, 0.1) is 0 Å². The van der Waals surface area contributed by atoms with Crippen LogP contribution in [0.25, 0.3) is 0 Å². The molecule has 29 heavy (non-hydrogen) atoms. The highest BCUT2D eigenvalue weighted by molar-refractivity contribution is 8.00. The minimum Gasteiger partial charge on any atom is -0.481 e. The lowest BCUT2D eigenvalue weighted by Gasteiger charge is -2.27. The number of hydrogen-bond donors (Lipinski definition) is 0. The normalized spacial score (nSPS) is 16.5. The highest BCUT2D eigenvalue weighted by Crippen LogP contribution is 2.38. The van der Waals surface area contributed by atoms with Crippen LogP contribution in [0.1, 0.15) is 19.4 Å². The van der Waals surface area contributed by atoms with Crippen molar-refractivity contribution in [3.05, 3.63) is 48.2 Å². The van der Waals surface area contributed by atoms with Crippen LogP contribution in [0.15, 0.2) is 47.5 Å². The first-order valence-electron chi connectivity index (χ1n) is 8.54. The molecule has 0 spiro atoms. The van der Waals surface area contributed by atoms with E-state index in [-0.39, 0.29) is 28.9 Å². The number of methoxy groups -OCH3 is 1. The third-order valence-electron chi connectivity index (χ3n) is 4.50. The Morgan fingerprint density at radius 2 is 1.79 bits per heavy atom. The van der Waals surface area contributed by atoms with Crippen LogP contribution in [0.3, 0.4) is 0 Å². The number of hydrogen-bond acceptors (Lipinski definition) is 5. The maximum atomic E-state index is 13.0. The van der Waals surface area contributed by atoms with E-state index in [1.54, 1.807) is 32.2 Å². The van der Waals surface area contributed by atoms with Crippen molar-refractivity contribution in [3.63, 3.8) is 0 Å². The first kappa shape index (κ1) is 21.0. The summed E-state index contributed by atoms with van der Waals surface area (Å²) in [5, 5.41) is 0. The Hall–Kier alpha value is -2.75. The summed E-state index contributed by atoms with van der Waals surface area (Å²) in [6.07, 6.45) is 1.54. The lowest BCUT2D eigenvalue weighted by Crippen LogP contribution is -2.43. The van der Waals surface area contributed by atoms with E-state index in [4.69, 9.17) is 4.74 Å². The molecule has 3 amide bonds. The average molecular weight is 425 g/mol. The number of nitrogens with zero attached hydrogens (tertiary/aromatic N) is 3. The number of amides is 3. The van der Waals surface area contributed by atoms with Gasteiger partial charge in [0.25, 0.3) is 5.91 Å². The molecule has 3 rings (SSSR count). The molecule has 0 unspecified atom stereocenters. The standard InChI is InChI=1S/C19H18F3N3O3S/c1-18(2)16(26)25(13-4-6-14(7-5-13)29-19(20,21)22)17(27)24(18)11-12-8-9-23-15(10-12)28-3/h4-10H,11H2,1-3H3. The van der Waals surface area contributed by atoms with Gasteiger partial charge in [-0.1, -0.05) is 0 Å². The Morgan fingerprint density at radius 3 is 2.38 bits per heavy atom. The molecule has 10 heteroatoms. The molecule has 1 aliphatic rings. The van der Waals surface area contributed by atoms with Crippen molar-refractivity contribution in [3.8, 4) is 5.88 Å². The SMILES string of the molecule is COc1cc(CN2C(=O)N(c3ccc(SC(F)(F)F)cc3)C(=O)C2(C)C)ccn1. The van der Waals surface area contributed by atoms with Gasteiger partial charge in [-0.15, -0.1) is 0 Å². The van der Waals surface area contributed by atoms with Crippen LogP contribution < -0.4 is 9.64 Å². The number of pyridine rings is 1. The van der Waals surface area contributed by atoms with Gasteiger partial charge in [0.05, 0.1) is 12.8 Å². The van der Waals surface area contributed by atoms with E-state index in [9.17, 15) is 22.8 Å². The maximum absolute atomic E-state index is 13.0. The number of anilines is 1. The third kappa shape index (κ3) is 4.31. The number of rotatable bonds is 5. The van der Waals surface area contributed by atoms with Gasteiger partial charge in [-0.25, -0.2) is 14.7 Å². The van der Waals surface area contributed by atoms with Crippen molar-refractivity contribution in [1.29, 1.82) is 0 Å². The van der Waals surface area contributed by atoms with Crippen LogP contribution in [0.2, 0.25) is 0 Å². The topological polar surface area (TPSA) is 62.7 Å². The van der Waals surface area contributed by atoms with Crippen molar-refractivity contribution in [2.75, 3.05) is 12.0 Å². The van der Waals surface area contributed by atoms with Gasteiger partial charge in [-0.3, -0.25) is 4.79 Å². The highest BCUT2D eigenvalue weighted by atomic mass is 32.2. The number of alkyl halides is 3. The molecule has 1 saturated heterocycles. The second-order valence-corrected chi connectivity index (χ2v) is 7.95. The van der Waals surface area contributed by atoms with Gasteiger partial charge in [0.2, 0.25) is 5.88 Å². The Balaban J connectivity index is 1.86. The summed E-state index contributed by atoms with van der Waals surface area (Å²) in [6.45, 7) is 3.40. The predicted molar refractivity (Wildman–Crippen MR) is 102 cm³/mol. The molecule has 154 valence electrons. The second kappa shape index (κ2) is 7.58. The molecule has 0 aliphatic carbocycles. The molecular formula is C19H18F3N3O3S. The molecule has 0 N–H and O–H groups in total. The number of carbonyl (C=O) groups is 2. The van der Waals surface area contributed by atoms with Crippen LogP contribution in [0.4, 0.5) is 23.7 Å². The first-order chi connectivity index (χ1) is 13.5. The Bertz CT molecular complexity index is 932. The summed E-state index contributed by atoms with van der Waals surface area (Å²) in [7, 11) is 1.48. The van der Waals surface area contributed by atoms with Gasteiger partial charge in [0.1, 0.15) is 5.54 Å². The number of benzene rings is 1. The number of thioether (sulfide) groups is 1. The molecule has 0 atom stereocenters. The number of urea groups is 1. The molecule has 0 radical (unpaired) electrons. The van der Waals surface area contributed by atoms with E-state index in [1.807, 2.05) is 0 Å². The minimum atomic E-state index is -4.41. The summed E-state index contributed by atoms with van der Waals surface area (Å²) >= 11 is -0.257. The third-order valence-corrected chi connectivity index (χ3v) is 5.24. The van der Waals surface area contributed by atoms with Crippen molar-refractivity contribution >= 4 is 29.4 Å². The van der Waals surface area contributed by atoms with Gasteiger partial charge in [-0.2, -0.15) is 13.2 Å². The van der Waals surface area contributed by atoms with Gasteiger partial charge in [0, 0.05) is 23.7 Å². The Morgan fingerprint density at radius 1 is 1.14 bits per heavy atom. The summed E-state index contributed by atoms with van der Waals surface area (Å²) in [5.74, 6) is -0.0763. The quantitative estimate of drug-likeness (QED) is 0.523.